The third kappa shape index (κ3) is 1.57. The van der Waals surface area contributed by atoms with Gasteiger partial charge in [0.15, 0.2) is 5.82 Å². The van der Waals surface area contributed by atoms with Crippen LogP contribution in [0.25, 0.3) is 0 Å². The first-order valence-corrected chi connectivity index (χ1v) is 5.90. The number of hydrogen-bond acceptors (Lipinski definition) is 3. The van der Waals surface area contributed by atoms with Gasteiger partial charge < -0.3 is 5.32 Å². The summed E-state index contributed by atoms with van der Waals surface area (Å²) in [4.78, 5) is 4.72. The Morgan fingerprint density at radius 1 is 1.33 bits per heavy atom. The summed E-state index contributed by atoms with van der Waals surface area (Å²) in [5, 5.41) is 8.00. The Labute approximate surface area is 90.1 Å². The molecule has 2 aliphatic rings. The van der Waals surface area contributed by atoms with Gasteiger partial charge in [0.05, 0.1) is 0 Å². The first kappa shape index (κ1) is 9.33. The maximum absolute atomic E-state index is 4.72. The minimum absolute atomic E-state index is 0.542. The van der Waals surface area contributed by atoms with Crippen molar-refractivity contribution in [3.8, 4) is 0 Å². The largest absolute Gasteiger partial charge is 0.314 e. The van der Waals surface area contributed by atoms with Crippen LogP contribution in [0.5, 0.6) is 0 Å². The van der Waals surface area contributed by atoms with E-state index in [1.54, 1.807) is 0 Å². The highest BCUT2D eigenvalue weighted by Gasteiger charge is 2.32. The van der Waals surface area contributed by atoms with E-state index in [0.717, 1.165) is 12.4 Å². The molecule has 2 unspecified atom stereocenters. The van der Waals surface area contributed by atoms with Crippen LogP contribution in [0.4, 0.5) is 0 Å². The fourth-order valence-corrected chi connectivity index (χ4v) is 2.47. The molecule has 1 aromatic rings. The molecule has 2 heterocycles. The van der Waals surface area contributed by atoms with Gasteiger partial charge in [0.1, 0.15) is 5.82 Å². The summed E-state index contributed by atoms with van der Waals surface area (Å²) in [6.07, 6.45) is 3.75. The van der Waals surface area contributed by atoms with E-state index in [9.17, 15) is 0 Å². The first-order valence-electron chi connectivity index (χ1n) is 5.90. The molecule has 0 spiro atoms. The average Bonchev–Trinajstić information content (AvgIpc) is 2.87. The van der Waals surface area contributed by atoms with E-state index in [0.29, 0.717) is 17.9 Å². The molecule has 3 rings (SSSR count). The fourth-order valence-electron chi connectivity index (χ4n) is 2.47. The summed E-state index contributed by atoms with van der Waals surface area (Å²) < 4.78 is 1.99. The molecule has 1 aliphatic heterocycles. The predicted molar refractivity (Wildman–Crippen MR) is 57.8 cm³/mol. The molecular formula is C11H18N4. The van der Waals surface area contributed by atoms with Gasteiger partial charge >= 0.3 is 0 Å². The second-order valence-corrected chi connectivity index (χ2v) is 4.86. The molecule has 1 aromatic heterocycles. The average molecular weight is 206 g/mol. The third-order valence-electron chi connectivity index (χ3n) is 3.61. The SMILES string of the molecule is CC1NCCC1c1nc(C2CC2)nn1C. The fraction of sp³-hybridized carbons (Fsp3) is 0.818. The van der Waals surface area contributed by atoms with Gasteiger partial charge in [0, 0.05) is 24.9 Å². The van der Waals surface area contributed by atoms with Crippen molar-refractivity contribution in [3.05, 3.63) is 11.6 Å². The number of nitrogens with one attached hydrogen (secondary N) is 1. The molecule has 0 bridgehead atoms. The minimum Gasteiger partial charge on any atom is -0.314 e. The number of rotatable bonds is 2. The highest BCUT2D eigenvalue weighted by atomic mass is 15.3. The van der Waals surface area contributed by atoms with Crippen molar-refractivity contribution >= 4 is 0 Å². The van der Waals surface area contributed by atoms with Crippen molar-refractivity contribution in [1.82, 2.24) is 20.1 Å². The first-order chi connectivity index (χ1) is 7.25. The molecule has 0 radical (unpaired) electrons. The van der Waals surface area contributed by atoms with Gasteiger partial charge in [-0.3, -0.25) is 4.68 Å². The number of nitrogens with zero attached hydrogens (tertiary/aromatic N) is 3. The zero-order chi connectivity index (χ0) is 10.4. The smallest absolute Gasteiger partial charge is 0.154 e. The van der Waals surface area contributed by atoms with E-state index in [4.69, 9.17) is 4.98 Å². The molecular weight excluding hydrogens is 188 g/mol. The van der Waals surface area contributed by atoms with Crippen molar-refractivity contribution in [2.75, 3.05) is 6.54 Å². The zero-order valence-electron chi connectivity index (χ0n) is 9.40. The Hall–Kier alpha value is -0.900. The predicted octanol–water partition coefficient (Wildman–Crippen LogP) is 1.16. The summed E-state index contributed by atoms with van der Waals surface area (Å²) >= 11 is 0. The van der Waals surface area contributed by atoms with Gasteiger partial charge in [0.2, 0.25) is 0 Å². The lowest BCUT2D eigenvalue weighted by molar-refractivity contribution is 0.537. The van der Waals surface area contributed by atoms with Crippen LogP contribution in [0.3, 0.4) is 0 Å². The van der Waals surface area contributed by atoms with E-state index >= 15 is 0 Å². The Kier molecular flexibility index (Phi) is 2.06. The van der Waals surface area contributed by atoms with Crippen molar-refractivity contribution in [2.45, 2.75) is 44.1 Å². The van der Waals surface area contributed by atoms with E-state index in [1.807, 2.05) is 11.7 Å². The Morgan fingerprint density at radius 3 is 2.73 bits per heavy atom. The molecule has 0 amide bonds. The minimum atomic E-state index is 0.542. The number of aromatic nitrogens is 3. The summed E-state index contributed by atoms with van der Waals surface area (Å²) in [7, 11) is 2.03. The normalized spacial score (nSPS) is 31.1. The Bertz CT molecular complexity index is 367. The zero-order valence-corrected chi connectivity index (χ0v) is 9.40. The van der Waals surface area contributed by atoms with Crippen molar-refractivity contribution in [3.63, 3.8) is 0 Å². The summed E-state index contributed by atoms with van der Waals surface area (Å²) in [5.41, 5.74) is 0. The monoisotopic (exact) mass is 206 g/mol. The standard InChI is InChI=1S/C11H18N4/c1-7-9(5-6-12-7)11-13-10(8-3-4-8)14-15(11)2/h7-9,12H,3-6H2,1-2H3. The molecule has 1 saturated carbocycles. The highest BCUT2D eigenvalue weighted by Crippen LogP contribution is 2.39. The van der Waals surface area contributed by atoms with Crippen molar-refractivity contribution in [2.24, 2.45) is 7.05 Å². The number of aryl methyl sites for hydroxylation is 1. The van der Waals surface area contributed by atoms with Crippen molar-refractivity contribution in [1.29, 1.82) is 0 Å². The van der Waals surface area contributed by atoms with Crippen LogP contribution in [-0.2, 0) is 7.05 Å². The molecule has 4 nitrogen and oxygen atoms in total. The molecule has 2 atom stereocenters. The number of hydrogen-bond donors (Lipinski definition) is 1. The summed E-state index contributed by atoms with van der Waals surface area (Å²) in [6.45, 7) is 3.35. The van der Waals surface area contributed by atoms with Gasteiger partial charge in [-0.05, 0) is 32.7 Å². The van der Waals surface area contributed by atoms with Crippen molar-refractivity contribution < 1.29 is 0 Å². The summed E-state index contributed by atoms with van der Waals surface area (Å²) in [5.74, 6) is 3.46. The second kappa shape index (κ2) is 3.30. The molecule has 2 fully saturated rings. The molecule has 0 aromatic carbocycles. The van der Waals surface area contributed by atoms with Crippen LogP contribution in [0.1, 0.15) is 49.7 Å². The lowest BCUT2D eigenvalue weighted by atomic mass is 10.0. The van der Waals surface area contributed by atoms with Crippen LogP contribution >= 0.6 is 0 Å². The van der Waals surface area contributed by atoms with Crippen LogP contribution in [0.2, 0.25) is 0 Å². The van der Waals surface area contributed by atoms with Gasteiger partial charge in [-0.2, -0.15) is 5.10 Å². The Morgan fingerprint density at radius 2 is 2.13 bits per heavy atom. The topological polar surface area (TPSA) is 42.7 Å². The van der Waals surface area contributed by atoms with Gasteiger partial charge in [0.25, 0.3) is 0 Å². The molecule has 1 N–H and O–H groups in total. The van der Waals surface area contributed by atoms with E-state index in [2.05, 4.69) is 17.3 Å². The lowest BCUT2D eigenvalue weighted by Gasteiger charge is -2.13. The van der Waals surface area contributed by atoms with Crippen LogP contribution in [0, 0.1) is 0 Å². The summed E-state index contributed by atoms with van der Waals surface area (Å²) in [6, 6.07) is 0.542. The quantitative estimate of drug-likeness (QED) is 0.789. The van der Waals surface area contributed by atoms with Gasteiger partial charge in [-0.25, -0.2) is 4.98 Å². The highest BCUT2D eigenvalue weighted by molar-refractivity contribution is 5.11. The maximum Gasteiger partial charge on any atom is 0.154 e. The molecule has 1 aliphatic carbocycles. The van der Waals surface area contributed by atoms with E-state index < -0.39 is 0 Å². The van der Waals surface area contributed by atoms with E-state index in [-0.39, 0.29) is 0 Å². The molecule has 82 valence electrons. The maximum atomic E-state index is 4.72. The van der Waals surface area contributed by atoms with Crippen LogP contribution in [0.15, 0.2) is 0 Å². The lowest BCUT2D eigenvalue weighted by Crippen LogP contribution is -2.23. The molecule has 1 saturated heterocycles. The molecule has 4 heteroatoms. The van der Waals surface area contributed by atoms with E-state index in [1.165, 1.54) is 25.1 Å². The van der Waals surface area contributed by atoms with Gasteiger partial charge in [-0.1, -0.05) is 0 Å². The second-order valence-electron chi connectivity index (χ2n) is 4.86. The Balaban J connectivity index is 1.89. The third-order valence-corrected chi connectivity index (χ3v) is 3.61. The van der Waals surface area contributed by atoms with Gasteiger partial charge in [-0.15, -0.1) is 0 Å². The molecule has 15 heavy (non-hydrogen) atoms. The van der Waals surface area contributed by atoms with Crippen LogP contribution < -0.4 is 5.32 Å². The van der Waals surface area contributed by atoms with Crippen LogP contribution in [-0.4, -0.2) is 27.4 Å².